The van der Waals surface area contributed by atoms with Crippen LogP contribution >= 0.6 is 0 Å². The molecule has 1 aromatic rings. The summed E-state index contributed by atoms with van der Waals surface area (Å²) in [6, 6.07) is 8.11. The molecule has 3 N–H and O–H groups in total. The molecule has 4 nitrogen and oxygen atoms in total. The largest absolute Gasteiger partial charge is 0.399 e. The zero-order valence-corrected chi connectivity index (χ0v) is 11.4. The van der Waals surface area contributed by atoms with E-state index in [-0.39, 0.29) is 5.91 Å². The van der Waals surface area contributed by atoms with E-state index in [1.165, 1.54) is 5.56 Å². The predicted molar refractivity (Wildman–Crippen MR) is 75.1 cm³/mol. The maximum absolute atomic E-state index is 11.6. The summed E-state index contributed by atoms with van der Waals surface area (Å²) in [5.74, 6) is 0.0710. The molecule has 0 saturated carbocycles. The standard InChI is InChI=1S/C14H23N3O/c1-4-16-14(18)10-17(11(2)3)9-12-5-7-13(15)8-6-12/h5-8,11H,4,9-10,15H2,1-3H3,(H,16,18). The van der Waals surface area contributed by atoms with Crippen LogP contribution in [0.1, 0.15) is 26.3 Å². The number of nitrogen functional groups attached to an aromatic ring is 1. The summed E-state index contributed by atoms with van der Waals surface area (Å²) < 4.78 is 0. The van der Waals surface area contributed by atoms with Crippen LogP contribution in [0.4, 0.5) is 5.69 Å². The first-order valence-corrected chi connectivity index (χ1v) is 6.38. The minimum Gasteiger partial charge on any atom is -0.399 e. The van der Waals surface area contributed by atoms with Crippen molar-refractivity contribution in [2.24, 2.45) is 0 Å². The lowest BCUT2D eigenvalue weighted by atomic mass is 10.1. The third kappa shape index (κ3) is 4.75. The van der Waals surface area contributed by atoms with Gasteiger partial charge in [-0.25, -0.2) is 0 Å². The van der Waals surface area contributed by atoms with Crippen molar-refractivity contribution in [1.29, 1.82) is 0 Å². The van der Waals surface area contributed by atoms with Crippen LogP contribution in [0.25, 0.3) is 0 Å². The Morgan fingerprint density at radius 2 is 1.94 bits per heavy atom. The van der Waals surface area contributed by atoms with Gasteiger partial charge >= 0.3 is 0 Å². The van der Waals surface area contributed by atoms with E-state index in [1.54, 1.807) is 0 Å². The van der Waals surface area contributed by atoms with E-state index >= 15 is 0 Å². The van der Waals surface area contributed by atoms with E-state index in [9.17, 15) is 4.79 Å². The molecule has 0 aliphatic carbocycles. The molecule has 0 radical (unpaired) electrons. The lowest BCUT2D eigenvalue weighted by molar-refractivity contribution is -0.122. The van der Waals surface area contributed by atoms with Gasteiger partial charge in [-0.1, -0.05) is 12.1 Å². The van der Waals surface area contributed by atoms with Crippen molar-refractivity contribution in [2.75, 3.05) is 18.8 Å². The van der Waals surface area contributed by atoms with Crippen LogP contribution in [0.3, 0.4) is 0 Å². The van der Waals surface area contributed by atoms with Crippen LogP contribution in [0.15, 0.2) is 24.3 Å². The molecular formula is C14H23N3O. The number of likely N-dealkylation sites (N-methyl/N-ethyl adjacent to an activating group) is 1. The fourth-order valence-electron chi connectivity index (χ4n) is 1.72. The van der Waals surface area contributed by atoms with Gasteiger partial charge in [0.25, 0.3) is 0 Å². The lowest BCUT2D eigenvalue weighted by Crippen LogP contribution is -2.40. The number of nitrogens with two attached hydrogens (primary N) is 1. The molecule has 4 heteroatoms. The minimum absolute atomic E-state index is 0.0710. The minimum atomic E-state index is 0.0710. The van der Waals surface area contributed by atoms with Crippen LogP contribution in [0.2, 0.25) is 0 Å². The zero-order chi connectivity index (χ0) is 13.5. The Hall–Kier alpha value is -1.55. The Bertz CT molecular complexity index is 373. The molecule has 0 aliphatic rings. The van der Waals surface area contributed by atoms with Gasteiger partial charge in [0.05, 0.1) is 6.54 Å². The highest BCUT2D eigenvalue weighted by Crippen LogP contribution is 2.10. The molecule has 0 saturated heterocycles. The molecule has 18 heavy (non-hydrogen) atoms. The molecule has 0 aliphatic heterocycles. The number of carbonyl (C=O) groups excluding carboxylic acids is 1. The fraction of sp³-hybridized carbons (Fsp3) is 0.500. The Balaban J connectivity index is 2.62. The molecule has 0 spiro atoms. The highest BCUT2D eigenvalue weighted by Gasteiger charge is 2.13. The Labute approximate surface area is 109 Å². The normalized spacial score (nSPS) is 10.9. The van der Waals surface area contributed by atoms with Crippen molar-refractivity contribution in [2.45, 2.75) is 33.4 Å². The molecule has 1 aromatic carbocycles. The third-order valence-electron chi connectivity index (χ3n) is 2.82. The van der Waals surface area contributed by atoms with Gasteiger partial charge in [0.1, 0.15) is 0 Å². The van der Waals surface area contributed by atoms with Crippen molar-refractivity contribution < 1.29 is 4.79 Å². The van der Waals surface area contributed by atoms with E-state index in [2.05, 4.69) is 24.1 Å². The second kappa shape index (κ2) is 7.01. The molecule has 0 heterocycles. The number of nitrogens with one attached hydrogen (secondary N) is 1. The molecule has 0 unspecified atom stereocenters. The van der Waals surface area contributed by atoms with Gasteiger partial charge in [0, 0.05) is 24.8 Å². The number of hydrogen-bond donors (Lipinski definition) is 2. The molecule has 1 rings (SSSR count). The van der Waals surface area contributed by atoms with E-state index in [0.717, 1.165) is 12.2 Å². The SMILES string of the molecule is CCNC(=O)CN(Cc1ccc(N)cc1)C(C)C. The summed E-state index contributed by atoms with van der Waals surface area (Å²) in [6.07, 6.45) is 0. The highest BCUT2D eigenvalue weighted by molar-refractivity contribution is 5.77. The number of benzene rings is 1. The van der Waals surface area contributed by atoms with Gasteiger partial charge < -0.3 is 11.1 Å². The summed E-state index contributed by atoms with van der Waals surface area (Å²) in [5, 5.41) is 2.83. The van der Waals surface area contributed by atoms with E-state index in [0.29, 0.717) is 19.1 Å². The summed E-state index contributed by atoms with van der Waals surface area (Å²) in [6.45, 7) is 7.97. The third-order valence-corrected chi connectivity index (χ3v) is 2.82. The van der Waals surface area contributed by atoms with Crippen LogP contribution in [-0.2, 0) is 11.3 Å². The van der Waals surface area contributed by atoms with Crippen LogP contribution in [-0.4, -0.2) is 29.9 Å². The molecule has 0 fully saturated rings. The number of hydrogen-bond acceptors (Lipinski definition) is 3. The van der Waals surface area contributed by atoms with Gasteiger partial charge in [0.15, 0.2) is 0 Å². The first-order chi connectivity index (χ1) is 8.52. The van der Waals surface area contributed by atoms with Gasteiger partial charge in [0.2, 0.25) is 5.91 Å². The zero-order valence-electron chi connectivity index (χ0n) is 11.4. The average molecular weight is 249 g/mol. The Morgan fingerprint density at radius 1 is 1.33 bits per heavy atom. The smallest absolute Gasteiger partial charge is 0.234 e. The van der Waals surface area contributed by atoms with Crippen molar-refractivity contribution in [3.8, 4) is 0 Å². The monoisotopic (exact) mass is 249 g/mol. The molecule has 1 amide bonds. The topological polar surface area (TPSA) is 58.4 Å². The van der Waals surface area contributed by atoms with Crippen molar-refractivity contribution >= 4 is 11.6 Å². The Kier molecular flexibility index (Phi) is 5.65. The van der Waals surface area contributed by atoms with Crippen molar-refractivity contribution in [1.82, 2.24) is 10.2 Å². The summed E-state index contributed by atoms with van der Waals surface area (Å²) in [7, 11) is 0. The van der Waals surface area contributed by atoms with Crippen LogP contribution < -0.4 is 11.1 Å². The highest BCUT2D eigenvalue weighted by atomic mass is 16.2. The van der Waals surface area contributed by atoms with E-state index < -0.39 is 0 Å². The second-order valence-electron chi connectivity index (χ2n) is 4.69. The average Bonchev–Trinajstić information content (AvgIpc) is 2.31. The lowest BCUT2D eigenvalue weighted by Gasteiger charge is -2.25. The van der Waals surface area contributed by atoms with Gasteiger partial charge in [-0.05, 0) is 38.5 Å². The van der Waals surface area contributed by atoms with Gasteiger partial charge in [-0.15, -0.1) is 0 Å². The fourth-order valence-corrected chi connectivity index (χ4v) is 1.72. The number of anilines is 1. The van der Waals surface area contributed by atoms with Crippen molar-refractivity contribution in [3.05, 3.63) is 29.8 Å². The first-order valence-electron chi connectivity index (χ1n) is 6.38. The van der Waals surface area contributed by atoms with Crippen molar-refractivity contribution in [3.63, 3.8) is 0 Å². The molecule has 0 aromatic heterocycles. The number of nitrogens with zero attached hydrogens (tertiary/aromatic N) is 1. The number of carbonyl (C=O) groups is 1. The van der Waals surface area contributed by atoms with E-state index in [1.807, 2.05) is 31.2 Å². The van der Waals surface area contributed by atoms with Crippen LogP contribution in [0.5, 0.6) is 0 Å². The number of amides is 1. The molecule has 0 atom stereocenters. The summed E-state index contributed by atoms with van der Waals surface area (Å²) in [5.41, 5.74) is 7.59. The predicted octanol–water partition coefficient (Wildman–Crippen LogP) is 1.62. The molecular weight excluding hydrogens is 226 g/mol. The summed E-state index contributed by atoms with van der Waals surface area (Å²) >= 11 is 0. The van der Waals surface area contributed by atoms with Gasteiger partial charge in [-0.3, -0.25) is 9.69 Å². The molecule has 0 bridgehead atoms. The number of rotatable bonds is 6. The molecule has 100 valence electrons. The van der Waals surface area contributed by atoms with Crippen LogP contribution in [0, 0.1) is 0 Å². The maximum Gasteiger partial charge on any atom is 0.234 e. The second-order valence-corrected chi connectivity index (χ2v) is 4.69. The first kappa shape index (κ1) is 14.5. The van der Waals surface area contributed by atoms with E-state index in [4.69, 9.17) is 5.73 Å². The maximum atomic E-state index is 11.6. The quantitative estimate of drug-likeness (QED) is 0.753. The van der Waals surface area contributed by atoms with Gasteiger partial charge in [-0.2, -0.15) is 0 Å². The Morgan fingerprint density at radius 3 is 2.44 bits per heavy atom. The summed E-state index contributed by atoms with van der Waals surface area (Å²) in [4.78, 5) is 13.8.